The van der Waals surface area contributed by atoms with Gasteiger partial charge in [0.15, 0.2) is 0 Å². The largest absolute Gasteiger partial charge is 0.456 e. The van der Waals surface area contributed by atoms with Crippen LogP contribution in [0.5, 0.6) is 0 Å². The Hall–Kier alpha value is -7.68. The van der Waals surface area contributed by atoms with Crippen molar-refractivity contribution in [2.24, 2.45) is 0 Å². The molecule has 2 nitrogen and oxygen atoms in total. The van der Waals surface area contributed by atoms with E-state index in [0.717, 1.165) is 17.6 Å². The SMILES string of the molecule is CC.CC1(C)C2=C(C=CC(Nc3ccc4c(c3)C(C)(C)c3cc(-c5ccc6ccccc6c5)ccc3-4)C2)c2ccc(-c3ccccc3)cc21.c1ccc(-c2ccc3c(c2)oc2ccccc23)cc1. The van der Waals surface area contributed by atoms with E-state index in [1.807, 2.05) is 38.1 Å². The van der Waals surface area contributed by atoms with Crippen molar-refractivity contribution in [1.29, 1.82) is 0 Å². The molecule has 1 unspecified atom stereocenters. The zero-order valence-electron chi connectivity index (χ0n) is 39.9. The van der Waals surface area contributed by atoms with Gasteiger partial charge in [0, 0.05) is 33.3 Å². The van der Waals surface area contributed by atoms with Gasteiger partial charge in [0.25, 0.3) is 0 Å². The molecule has 2 heteroatoms. The van der Waals surface area contributed by atoms with Gasteiger partial charge in [-0.3, -0.25) is 0 Å². The summed E-state index contributed by atoms with van der Waals surface area (Å²) in [7, 11) is 0. The van der Waals surface area contributed by atoms with Gasteiger partial charge in [-0.15, -0.1) is 0 Å². The fraction of sp³-hybridized carbons (Fsp3) is 0.152. The van der Waals surface area contributed by atoms with Crippen LogP contribution in [0.25, 0.3) is 82.8 Å². The molecule has 1 atom stereocenters. The first-order valence-corrected chi connectivity index (χ1v) is 24.3. The molecule has 0 aliphatic heterocycles. The smallest absolute Gasteiger partial charge is 0.136 e. The van der Waals surface area contributed by atoms with Crippen molar-refractivity contribution in [3.8, 4) is 44.5 Å². The summed E-state index contributed by atoms with van der Waals surface area (Å²) in [5.74, 6) is 0. The first-order chi connectivity index (χ1) is 33.2. The molecular formula is C66H57NO. The summed E-state index contributed by atoms with van der Waals surface area (Å²) in [5.41, 5.74) is 21.8. The van der Waals surface area contributed by atoms with Crippen LogP contribution in [0, 0.1) is 0 Å². The highest BCUT2D eigenvalue weighted by molar-refractivity contribution is 6.06. The fourth-order valence-electron chi connectivity index (χ4n) is 11.0. The molecule has 0 radical (unpaired) electrons. The minimum atomic E-state index is -0.0845. The standard InChI is InChI=1S/C46H39N.C18H12O.C2H6/c1-45(2)41-25-33(29-10-6-5-7-11-29)16-20-37(41)39-22-18-35(27-43(39)45)47-36-19-23-40-38-21-17-34(26-42(38)46(3,4)44(40)28-36)32-15-14-30-12-8-9-13-31(30)24-32;1-2-6-13(7-3-1)14-10-11-16-15-8-4-5-9-17(15)19-18(16)12-14;1-2/h5-26,28,35,47H,27H2,1-4H3;1-12H;1-2H3. The van der Waals surface area contributed by atoms with Gasteiger partial charge in [-0.2, -0.15) is 0 Å². The minimum Gasteiger partial charge on any atom is -0.456 e. The second-order valence-electron chi connectivity index (χ2n) is 19.3. The predicted octanol–water partition coefficient (Wildman–Crippen LogP) is 18.2. The quantitative estimate of drug-likeness (QED) is 0.186. The fourth-order valence-corrected chi connectivity index (χ4v) is 11.0. The van der Waals surface area contributed by atoms with Crippen molar-refractivity contribution in [2.45, 2.75) is 64.8 Å². The molecule has 10 aromatic rings. The van der Waals surface area contributed by atoms with Crippen LogP contribution in [-0.2, 0) is 10.8 Å². The molecule has 3 aliphatic rings. The maximum absolute atomic E-state index is 5.91. The lowest BCUT2D eigenvalue weighted by Gasteiger charge is -2.30. The third kappa shape index (κ3) is 7.46. The maximum atomic E-state index is 5.91. The van der Waals surface area contributed by atoms with Gasteiger partial charge in [-0.05, 0) is 144 Å². The van der Waals surface area contributed by atoms with E-state index in [0.29, 0.717) is 0 Å². The highest BCUT2D eigenvalue weighted by Gasteiger charge is 2.40. The molecule has 9 aromatic carbocycles. The van der Waals surface area contributed by atoms with Crippen LogP contribution in [0.15, 0.2) is 222 Å². The van der Waals surface area contributed by atoms with E-state index in [1.165, 1.54) is 105 Å². The number of rotatable bonds is 5. The Balaban J connectivity index is 0.000000200. The van der Waals surface area contributed by atoms with Gasteiger partial charge in [-0.1, -0.05) is 205 Å². The molecule has 0 spiro atoms. The Labute approximate surface area is 401 Å². The molecule has 68 heavy (non-hydrogen) atoms. The van der Waals surface area contributed by atoms with Crippen LogP contribution in [-0.4, -0.2) is 6.04 Å². The molecular weight excluding hydrogens is 823 g/mol. The first kappa shape index (κ1) is 42.9. The summed E-state index contributed by atoms with van der Waals surface area (Å²) in [4.78, 5) is 0. The number of benzene rings is 9. The van der Waals surface area contributed by atoms with E-state index in [1.54, 1.807) is 0 Å². The van der Waals surface area contributed by atoms with E-state index in [4.69, 9.17) is 4.42 Å². The van der Waals surface area contributed by atoms with Gasteiger partial charge in [0.2, 0.25) is 0 Å². The Kier molecular flexibility index (Phi) is 10.9. The van der Waals surface area contributed by atoms with Crippen molar-refractivity contribution < 1.29 is 4.42 Å². The zero-order valence-corrected chi connectivity index (χ0v) is 39.9. The summed E-state index contributed by atoms with van der Waals surface area (Å²) in [5, 5.41) is 8.84. The molecule has 0 bridgehead atoms. The number of furan rings is 1. The lowest BCUT2D eigenvalue weighted by atomic mass is 9.77. The van der Waals surface area contributed by atoms with E-state index in [9.17, 15) is 0 Å². The number of allylic oxidation sites excluding steroid dienone is 2. The molecule has 0 fully saturated rings. The first-order valence-electron chi connectivity index (χ1n) is 24.3. The van der Waals surface area contributed by atoms with E-state index >= 15 is 0 Å². The number of hydrogen-bond donors (Lipinski definition) is 1. The molecule has 13 rings (SSSR count). The van der Waals surface area contributed by atoms with Crippen molar-refractivity contribution in [1.82, 2.24) is 0 Å². The van der Waals surface area contributed by atoms with Crippen molar-refractivity contribution in [3.63, 3.8) is 0 Å². The Bertz CT molecular complexity index is 3580. The number of para-hydroxylation sites is 1. The van der Waals surface area contributed by atoms with Gasteiger partial charge in [0.05, 0.1) is 0 Å². The topological polar surface area (TPSA) is 25.2 Å². The second kappa shape index (κ2) is 17.2. The summed E-state index contributed by atoms with van der Waals surface area (Å²) >= 11 is 0. The van der Waals surface area contributed by atoms with Crippen molar-refractivity contribution >= 4 is 44.0 Å². The number of anilines is 1. The normalized spacial score (nSPS) is 15.7. The monoisotopic (exact) mass is 879 g/mol. The van der Waals surface area contributed by atoms with E-state index in [-0.39, 0.29) is 16.9 Å². The third-order valence-corrected chi connectivity index (χ3v) is 14.7. The highest BCUT2D eigenvalue weighted by Crippen LogP contribution is 2.53. The van der Waals surface area contributed by atoms with Crippen LogP contribution < -0.4 is 5.32 Å². The van der Waals surface area contributed by atoms with Gasteiger partial charge < -0.3 is 9.73 Å². The van der Waals surface area contributed by atoms with E-state index in [2.05, 4.69) is 221 Å². The zero-order chi connectivity index (χ0) is 46.6. The summed E-state index contributed by atoms with van der Waals surface area (Å²) in [6.07, 6.45) is 5.75. The summed E-state index contributed by atoms with van der Waals surface area (Å²) in [6, 6.07) is 72.5. The molecule has 1 aromatic heterocycles. The molecule has 1 heterocycles. The van der Waals surface area contributed by atoms with Crippen LogP contribution in [0.4, 0.5) is 5.69 Å². The van der Waals surface area contributed by atoms with Gasteiger partial charge >= 0.3 is 0 Å². The average molecular weight is 880 g/mol. The Morgan fingerprint density at radius 1 is 0.426 bits per heavy atom. The Morgan fingerprint density at radius 2 is 0.956 bits per heavy atom. The van der Waals surface area contributed by atoms with Crippen LogP contribution in [0.2, 0.25) is 0 Å². The highest BCUT2D eigenvalue weighted by atomic mass is 16.3. The van der Waals surface area contributed by atoms with Crippen LogP contribution in [0.3, 0.4) is 0 Å². The molecule has 1 N–H and O–H groups in total. The number of nitrogens with one attached hydrogen (secondary N) is 1. The van der Waals surface area contributed by atoms with Crippen LogP contribution in [0.1, 0.15) is 70.2 Å². The number of fused-ring (bicyclic) bond motifs is 9. The maximum Gasteiger partial charge on any atom is 0.136 e. The second-order valence-corrected chi connectivity index (χ2v) is 19.3. The summed E-state index contributed by atoms with van der Waals surface area (Å²) < 4.78 is 5.91. The molecule has 0 amide bonds. The molecule has 0 saturated heterocycles. The van der Waals surface area contributed by atoms with E-state index < -0.39 is 0 Å². The lowest BCUT2D eigenvalue weighted by Crippen LogP contribution is -2.26. The average Bonchev–Trinajstić information content (AvgIpc) is 3.95. The lowest BCUT2D eigenvalue weighted by molar-refractivity contribution is 0.596. The van der Waals surface area contributed by atoms with Crippen molar-refractivity contribution in [2.75, 3.05) is 5.32 Å². The predicted molar refractivity (Wildman–Crippen MR) is 290 cm³/mol. The molecule has 3 aliphatic carbocycles. The number of hydrogen-bond acceptors (Lipinski definition) is 2. The van der Waals surface area contributed by atoms with Gasteiger partial charge in [-0.25, -0.2) is 0 Å². The molecule has 332 valence electrons. The summed E-state index contributed by atoms with van der Waals surface area (Å²) in [6.45, 7) is 13.6. The molecule has 0 saturated carbocycles. The van der Waals surface area contributed by atoms with Gasteiger partial charge in [0.1, 0.15) is 11.2 Å². The van der Waals surface area contributed by atoms with Crippen LogP contribution >= 0.6 is 0 Å². The Morgan fingerprint density at radius 3 is 1.69 bits per heavy atom. The minimum absolute atomic E-state index is 0.00946. The third-order valence-electron chi connectivity index (χ3n) is 14.7. The van der Waals surface area contributed by atoms with Crippen molar-refractivity contribution in [3.05, 3.63) is 240 Å².